The molecule has 0 aliphatic carbocycles. The minimum absolute atomic E-state index is 0.0782. The molecule has 1 aromatic heterocycles. The molecule has 0 radical (unpaired) electrons. The molecule has 2 N–H and O–H groups in total. The lowest BCUT2D eigenvalue weighted by atomic mass is 10.1. The van der Waals surface area contributed by atoms with Crippen LogP contribution in [0.5, 0.6) is 0 Å². The number of alkyl halides is 3. The highest BCUT2D eigenvalue weighted by molar-refractivity contribution is 9.10. The lowest BCUT2D eigenvalue weighted by Gasteiger charge is -2.10. The Labute approximate surface area is 112 Å². The molecule has 0 aliphatic heterocycles. The summed E-state index contributed by atoms with van der Waals surface area (Å²) >= 11 is 2.73. The van der Waals surface area contributed by atoms with Crippen molar-refractivity contribution < 1.29 is 23.1 Å². The van der Waals surface area contributed by atoms with Crippen LogP contribution in [-0.2, 0) is 6.18 Å². The molecule has 100 valence electrons. The van der Waals surface area contributed by atoms with Gasteiger partial charge < -0.3 is 10.1 Å². The quantitative estimate of drug-likeness (QED) is 0.841. The Morgan fingerprint density at radius 3 is 2.47 bits per heavy atom. The highest BCUT2D eigenvalue weighted by Crippen LogP contribution is 2.36. The number of aromatic carboxylic acids is 1. The first-order chi connectivity index (χ1) is 8.71. The summed E-state index contributed by atoms with van der Waals surface area (Å²) in [5.41, 5.74) is -2.39. The molecule has 4 nitrogen and oxygen atoms in total. The number of nitrogens with one attached hydrogen (secondary N) is 1. The van der Waals surface area contributed by atoms with Crippen LogP contribution in [0.25, 0.3) is 10.9 Å². The molecule has 0 unspecified atom stereocenters. The number of rotatable bonds is 1. The van der Waals surface area contributed by atoms with Gasteiger partial charge in [0, 0.05) is 21.6 Å². The number of halogens is 4. The second kappa shape index (κ2) is 4.37. The van der Waals surface area contributed by atoms with Gasteiger partial charge in [-0.05, 0) is 12.1 Å². The molecule has 0 aliphatic rings. The highest BCUT2D eigenvalue weighted by Gasteiger charge is 2.33. The van der Waals surface area contributed by atoms with Gasteiger partial charge in [0.2, 0.25) is 5.43 Å². The Kier molecular flexibility index (Phi) is 3.13. The fourth-order valence-electron chi connectivity index (χ4n) is 1.62. The topological polar surface area (TPSA) is 70.2 Å². The summed E-state index contributed by atoms with van der Waals surface area (Å²) in [5, 5.41) is 8.64. The van der Waals surface area contributed by atoms with E-state index in [0.29, 0.717) is 0 Å². The van der Waals surface area contributed by atoms with Gasteiger partial charge in [0.25, 0.3) is 0 Å². The molecule has 0 saturated carbocycles. The molecule has 0 amide bonds. The molecule has 1 heterocycles. The van der Waals surface area contributed by atoms with Crippen LogP contribution < -0.4 is 5.43 Å². The maximum atomic E-state index is 12.7. The van der Waals surface area contributed by atoms with Gasteiger partial charge in [-0.25, -0.2) is 4.79 Å². The number of carbonyl (C=O) groups is 1. The summed E-state index contributed by atoms with van der Waals surface area (Å²) in [5.74, 6) is -1.45. The van der Waals surface area contributed by atoms with Crippen LogP contribution >= 0.6 is 15.9 Å². The average molecular weight is 336 g/mol. The lowest BCUT2D eigenvalue weighted by Crippen LogP contribution is -2.16. The number of pyridine rings is 1. The third-order valence-corrected chi connectivity index (χ3v) is 3.16. The number of H-pyrrole nitrogens is 1. The zero-order chi connectivity index (χ0) is 14.4. The molecule has 8 heteroatoms. The van der Waals surface area contributed by atoms with E-state index in [4.69, 9.17) is 5.11 Å². The van der Waals surface area contributed by atoms with E-state index in [2.05, 4.69) is 20.9 Å². The van der Waals surface area contributed by atoms with E-state index in [9.17, 15) is 22.8 Å². The van der Waals surface area contributed by atoms with Crippen LogP contribution in [0.15, 0.2) is 27.6 Å². The first-order valence-corrected chi connectivity index (χ1v) is 5.66. The SMILES string of the molecule is O=C(O)c1c[nH]c2cc(C(F)(F)F)c(Br)cc2c1=O. The maximum Gasteiger partial charge on any atom is 0.417 e. The smallest absolute Gasteiger partial charge is 0.417 e. The van der Waals surface area contributed by atoms with Crippen molar-refractivity contribution in [3.05, 3.63) is 44.2 Å². The summed E-state index contributed by atoms with van der Waals surface area (Å²) in [6, 6.07) is 1.72. The molecule has 0 atom stereocenters. The number of carboxylic acids is 1. The van der Waals surface area contributed by atoms with Gasteiger partial charge in [0.05, 0.1) is 5.56 Å². The van der Waals surface area contributed by atoms with Gasteiger partial charge in [-0.1, -0.05) is 15.9 Å². The Balaban J connectivity index is 2.83. The third kappa shape index (κ3) is 2.35. The second-order valence-corrected chi connectivity index (χ2v) is 4.57. The van der Waals surface area contributed by atoms with Gasteiger partial charge in [-0.15, -0.1) is 0 Å². The molecule has 19 heavy (non-hydrogen) atoms. The van der Waals surface area contributed by atoms with E-state index in [-0.39, 0.29) is 15.4 Å². The summed E-state index contributed by atoms with van der Waals surface area (Å²) in [6.45, 7) is 0. The minimum Gasteiger partial charge on any atom is -0.477 e. The molecular formula is C11H5BrF3NO3. The number of carboxylic acid groups (broad SMARTS) is 1. The highest BCUT2D eigenvalue weighted by atomic mass is 79.9. The Bertz CT molecular complexity index is 736. The number of aromatic amines is 1. The first-order valence-electron chi connectivity index (χ1n) is 4.87. The number of hydrogen-bond acceptors (Lipinski definition) is 2. The fourth-order valence-corrected chi connectivity index (χ4v) is 2.19. The summed E-state index contributed by atoms with van der Waals surface area (Å²) in [6.07, 6.45) is -3.70. The number of aromatic nitrogens is 1. The number of hydrogen-bond donors (Lipinski definition) is 2. The van der Waals surface area contributed by atoms with Crippen molar-refractivity contribution in [2.24, 2.45) is 0 Å². The van der Waals surface area contributed by atoms with Crippen LogP contribution in [0.3, 0.4) is 0 Å². The molecule has 0 spiro atoms. The van der Waals surface area contributed by atoms with Crippen molar-refractivity contribution in [1.29, 1.82) is 0 Å². The number of fused-ring (bicyclic) bond motifs is 1. The van der Waals surface area contributed by atoms with Crippen molar-refractivity contribution in [2.75, 3.05) is 0 Å². The molecule has 1 aromatic carbocycles. The largest absolute Gasteiger partial charge is 0.477 e. The molecule has 2 rings (SSSR count). The fraction of sp³-hybridized carbons (Fsp3) is 0.0909. The van der Waals surface area contributed by atoms with E-state index in [0.717, 1.165) is 18.3 Å². The van der Waals surface area contributed by atoms with E-state index >= 15 is 0 Å². The van der Waals surface area contributed by atoms with Crippen molar-refractivity contribution in [1.82, 2.24) is 4.98 Å². The Hall–Kier alpha value is -1.83. The Morgan fingerprint density at radius 1 is 1.32 bits per heavy atom. The van der Waals surface area contributed by atoms with Crippen molar-refractivity contribution in [3.8, 4) is 0 Å². The first kappa shape index (κ1) is 13.6. The predicted molar refractivity (Wildman–Crippen MR) is 64.2 cm³/mol. The maximum absolute atomic E-state index is 12.7. The van der Waals surface area contributed by atoms with Crippen LogP contribution in [0.1, 0.15) is 15.9 Å². The van der Waals surface area contributed by atoms with Crippen LogP contribution in [0, 0.1) is 0 Å². The van der Waals surface area contributed by atoms with Crippen LogP contribution in [0.4, 0.5) is 13.2 Å². The van der Waals surface area contributed by atoms with E-state index in [1.807, 2.05) is 0 Å². The zero-order valence-corrected chi connectivity index (χ0v) is 10.6. The second-order valence-electron chi connectivity index (χ2n) is 3.71. The van der Waals surface area contributed by atoms with E-state index in [1.54, 1.807) is 0 Å². The average Bonchev–Trinajstić information content (AvgIpc) is 2.27. The Morgan fingerprint density at radius 2 is 1.95 bits per heavy atom. The van der Waals surface area contributed by atoms with Crippen molar-refractivity contribution in [2.45, 2.75) is 6.18 Å². The summed E-state index contributed by atoms with van der Waals surface area (Å²) in [4.78, 5) is 24.9. The zero-order valence-electron chi connectivity index (χ0n) is 9.01. The van der Waals surface area contributed by atoms with Crippen LogP contribution in [0.2, 0.25) is 0 Å². The lowest BCUT2D eigenvalue weighted by molar-refractivity contribution is -0.138. The summed E-state index contributed by atoms with van der Waals surface area (Å²) < 4.78 is 37.7. The van der Waals surface area contributed by atoms with Gasteiger partial charge >= 0.3 is 12.1 Å². The van der Waals surface area contributed by atoms with Gasteiger partial charge in [-0.2, -0.15) is 13.2 Å². The standard InChI is InChI=1S/C11H5BrF3NO3/c12-7-1-4-8(2-6(7)11(13,14)15)16-3-5(9(4)17)10(18)19/h1-3H,(H,16,17)(H,18,19). The molecule has 0 bridgehead atoms. The molecule has 0 saturated heterocycles. The minimum atomic E-state index is -4.57. The van der Waals surface area contributed by atoms with Crippen LogP contribution in [-0.4, -0.2) is 16.1 Å². The third-order valence-electron chi connectivity index (χ3n) is 2.50. The van der Waals surface area contributed by atoms with Gasteiger partial charge in [-0.3, -0.25) is 4.79 Å². The normalized spacial score (nSPS) is 11.8. The van der Waals surface area contributed by atoms with E-state index in [1.165, 1.54) is 0 Å². The van der Waals surface area contributed by atoms with Crippen molar-refractivity contribution >= 4 is 32.8 Å². The van der Waals surface area contributed by atoms with E-state index < -0.39 is 28.7 Å². The molecule has 2 aromatic rings. The van der Waals surface area contributed by atoms with Crippen molar-refractivity contribution in [3.63, 3.8) is 0 Å². The number of benzene rings is 1. The molecular weight excluding hydrogens is 331 g/mol. The molecule has 0 fully saturated rings. The summed E-state index contributed by atoms with van der Waals surface area (Å²) in [7, 11) is 0. The van der Waals surface area contributed by atoms with Gasteiger partial charge in [0.15, 0.2) is 0 Å². The monoisotopic (exact) mass is 335 g/mol. The van der Waals surface area contributed by atoms with Gasteiger partial charge in [0.1, 0.15) is 5.56 Å². The predicted octanol–water partition coefficient (Wildman–Crippen LogP) is 3.01.